The summed E-state index contributed by atoms with van der Waals surface area (Å²) in [4.78, 5) is 11.4. The zero-order valence-electron chi connectivity index (χ0n) is 20.2. The Bertz CT molecular complexity index is 666. The van der Waals surface area contributed by atoms with Gasteiger partial charge < -0.3 is 5.73 Å². The molecular formula is C28H45NO. The van der Waals surface area contributed by atoms with Crippen LogP contribution in [-0.4, -0.2) is 12.3 Å². The highest BCUT2D eigenvalue weighted by molar-refractivity contribution is 5.94. The Morgan fingerprint density at radius 1 is 0.967 bits per heavy atom. The van der Waals surface area contributed by atoms with Crippen molar-refractivity contribution in [2.45, 2.75) is 92.4 Å². The molecule has 0 saturated carbocycles. The molecule has 2 heteroatoms. The summed E-state index contributed by atoms with van der Waals surface area (Å²) in [6, 6.07) is 8.06. The third-order valence-corrected chi connectivity index (χ3v) is 6.25. The first kappa shape index (κ1) is 26.4. The number of nitrogens with two attached hydrogens (primary N) is 1. The van der Waals surface area contributed by atoms with E-state index in [4.69, 9.17) is 5.73 Å². The molecule has 168 valence electrons. The second-order valence-corrected chi connectivity index (χ2v) is 8.78. The Morgan fingerprint density at radius 2 is 1.60 bits per heavy atom. The summed E-state index contributed by atoms with van der Waals surface area (Å²) < 4.78 is 0. The number of carbonyl (C=O) groups excluding carboxylic acids is 1. The van der Waals surface area contributed by atoms with Crippen molar-refractivity contribution in [3.05, 3.63) is 53.1 Å². The Hall–Kier alpha value is -1.67. The van der Waals surface area contributed by atoms with Crippen LogP contribution >= 0.6 is 0 Å². The predicted molar refractivity (Wildman–Crippen MR) is 133 cm³/mol. The number of rotatable bonds is 12. The van der Waals surface area contributed by atoms with Crippen molar-refractivity contribution in [3.8, 4) is 0 Å². The monoisotopic (exact) mass is 411 g/mol. The molecule has 2 rings (SSSR count). The highest BCUT2D eigenvalue weighted by Gasteiger charge is 2.16. The van der Waals surface area contributed by atoms with Crippen molar-refractivity contribution in [1.29, 1.82) is 0 Å². The molecule has 2 nitrogen and oxygen atoms in total. The molecule has 1 aliphatic carbocycles. The number of allylic oxidation sites excluding steroid dienone is 4. The van der Waals surface area contributed by atoms with Crippen LogP contribution in [0.25, 0.3) is 5.57 Å². The number of unbranched alkanes of at least 4 members (excludes halogenated alkanes) is 1. The maximum Gasteiger partial charge on any atom is 0.159 e. The lowest BCUT2D eigenvalue weighted by molar-refractivity contribution is 0.101. The molecule has 30 heavy (non-hydrogen) atoms. The molecule has 0 fully saturated rings. The first-order valence-electron chi connectivity index (χ1n) is 12.2. The van der Waals surface area contributed by atoms with Gasteiger partial charge in [0.1, 0.15) is 0 Å². The number of benzene rings is 1. The van der Waals surface area contributed by atoms with Gasteiger partial charge in [-0.25, -0.2) is 0 Å². The van der Waals surface area contributed by atoms with Gasteiger partial charge >= 0.3 is 0 Å². The van der Waals surface area contributed by atoms with Crippen molar-refractivity contribution in [1.82, 2.24) is 0 Å². The Labute approximate surface area is 186 Å². The smallest absolute Gasteiger partial charge is 0.159 e. The summed E-state index contributed by atoms with van der Waals surface area (Å²) in [5.41, 5.74) is 10.0. The molecule has 0 saturated heterocycles. The van der Waals surface area contributed by atoms with Crippen LogP contribution in [-0.2, 0) is 0 Å². The Morgan fingerprint density at radius 3 is 2.13 bits per heavy atom. The number of carbonyl (C=O) groups is 1. The van der Waals surface area contributed by atoms with Crippen molar-refractivity contribution < 1.29 is 4.79 Å². The van der Waals surface area contributed by atoms with Crippen molar-refractivity contribution in [2.24, 2.45) is 17.6 Å². The first-order valence-corrected chi connectivity index (χ1v) is 12.2. The average molecular weight is 412 g/mol. The van der Waals surface area contributed by atoms with Crippen LogP contribution in [0.3, 0.4) is 0 Å². The number of hydrogen-bond donors (Lipinski definition) is 1. The molecule has 1 aliphatic rings. The van der Waals surface area contributed by atoms with Crippen LogP contribution in [0.1, 0.15) is 108 Å². The van der Waals surface area contributed by atoms with E-state index in [9.17, 15) is 4.79 Å². The van der Waals surface area contributed by atoms with Gasteiger partial charge in [0.25, 0.3) is 0 Å². The van der Waals surface area contributed by atoms with E-state index < -0.39 is 0 Å². The zero-order valence-corrected chi connectivity index (χ0v) is 20.2. The van der Waals surface area contributed by atoms with Gasteiger partial charge in [-0.3, -0.25) is 4.79 Å². The van der Waals surface area contributed by atoms with E-state index in [0.717, 1.165) is 30.9 Å². The summed E-state index contributed by atoms with van der Waals surface area (Å²) in [6.07, 6.45) is 16.2. The molecular weight excluding hydrogens is 366 g/mol. The molecule has 0 amide bonds. The Balaban J connectivity index is 0.00000103. The third-order valence-electron chi connectivity index (χ3n) is 6.25. The van der Waals surface area contributed by atoms with Gasteiger partial charge in [0, 0.05) is 5.56 Å². The van der Waals surface area contributed by atoms with Gasteiger partial charge in [-0.1, -0.05) is 108 Å². The summed E-state index contributed by atoms with van der Waals surface area (Å²) in [7, 11) is 0. The zero-order chi connectivity index (χ0) is 22.4. The normalized spacial score (nSPS) is 15.0. The van der Waals surface area contributed by atoms with Crippen LogP contribution in [0.4, 0.5) is 0 Å². The van der Waals surface area contributed by atoms with Crippen molar-refractivity contribution in [3.63, 3.8) is 0 Å². The fourth-order valence-corrected chi connectivity index (χ4v) is 4.03. The van der Waals surface area contributed by atoms with Crippen LogP contribution in [0, 0.1) is 11.8 Å². The fraction of sp³-hybridized carbons (Fsp3) is 0.607. The van der Waals surface area contributed by atoms with E-state index in [2.05, 4.69) is 52.0 Å². The number of ketones is 1. The second-order valence-electron chi connectivity index (χ2n) is 8.78. The number of Topliss-reactive ketones (excluding diaryl/α,β-unsaturated/α-hetero) is 1. The summed E-state index contributed by atoms with van der Waals surface area (Å²) in [5.74, 6) is 1.74. The standard InChI is InChI=1S/C25H36O.C3H9N/c1-5-9-21(6-2)11-8-7-10-19(3)24-16-17-25(18-24)23-14-12-22(13-15-23)20(4)26;1-2-3-4/h12-17,19,21H,5-11,18H2,1-4H3;2-4H2,1H3. The summed E-state index contributed by atoms with van der Waals surface area (Å²) in [5, 5.41) is 0. The van der Waals surface area contributed by atoms with E-state index in [1.165, 1.54) is 56.1 Å². The second kappa shape index (κ2) is 15.2. The molecule has 0 aromatic heterocycles. The molecule has 1 aromatic carbocycles. The largest absolute Gasteiger partial charge is 0.330 e. The summed E-state index contributed by atoms with van der Waals surface area (Å²) in [6.45, 7) is 11.5. The molecule has 0 aliphatic heterocycles. The van der Waals surface area contributed by atoms with Gasteiger partial charge in [0.2, 0.25) is 0 Å². The quantitative estimate of drug-likeness (QED) is 0.280. The third kappa shape index (κ3) is 9.43. The molecule has 1 aromatic rings. The van der Waals surface area contributed by atoms with Gasteiger partial charge in [0.15, 0.2) is 5.78 Å². The molecule has 0 radical (unpaired) electrons. The molecule has 2 unspecified atom stereocenters. The van der Waals surface area contributed by atoms with Crippen LogP contribution in [0.5, 0.6) is 0 Å². The lowest BCUT2D eigenvalue weighted by atomic mass is 9.89. The highest BCUT2D eigenvalue weighted by atomic mass is 16.1. The van der Waals surface area contributed by atoms with E-state index in [1.54, 1.807) is 12.5 Å². The van der Waals surface area contributed by atoms with E-state index in [1.807, 2.05) is 12.1 Å². The molecule has 0 bridgehead atoms. The van der Waals surface area contributed by atoms with Gasteiger partial charge in [-0.15, -0.1) is 0 Å². The highest BCUT2D eigenvalue weighted by Crippen LogP contribution is 2.34. The van der Waals surface area contributed by atoms with Crippen LogP contribution < -0.4 is 5.73 Å². The maximum atomic E-state index is 11.4. The van der Waals surface area contributed by atoms with Gasteiger partial charge in [-0.2, -0.15) is 0 Å². The van der Waals surface area contributed by atoms with Crippen molar-refractivity contribution in [2.75, 3.05) is 6.54 Å². The minimum absolute atomic E-state index is 0.133. The van der Waals surface area contributed by atoms with Crippen LogP contribution in [0.15, 0.2) is 42.0 Å². The lowest BCUT2D eigenvalue weighted by Gasteiger charge is -2.16. The predicted octanol–water partition coefficient (Wildman–Crippen LogP) is 7.98. The molecule has 0 heterocycles. The van der Waals surface area contributed by atoms with E-state index in [0.29, 0.717) is 5.92 Å². The molecule has 2 atom stereocenters. The topological polar surface area (TPSA) is 43.1 Å². The number of hydrogen-bond acceptors (Lipinski definition) is 2. The SMILES string of the molecule is CCCC(CC)CCCCC(C)C1=CC=C(c2ccc(C(C)=O)cc2)C1.CCCN. The maximum absolute atomic E-state index is 11.4. The van der Waals surface area contributed by atoms with Gasteiger partial charge in [0.05, 0.1) is 0 Å². The minimum atomic E-state index is 0.133. The van der Waals surface area contributed by atoms with Crippen LogP contribution in [0.2, 0.25) is 0 Å². The van der Waals surface area contributed by atoms with Crippen molar-refractivity contribution >= 4 is 11.4 Å². The minimum Gasteiger partial charge on any atom is -0.330 e. The Kier molecular flexibility index (Phi) is 13.3. The molecule has 2 N–H and O–H groups in total. The summed E-state index contributed by atoms with van der Waals surface area (Å²) >= 11 is 0. The fourth-order valence-electron chi connectivity index (χ4n) is 4.03. The average Bonchev–Trinajstić information content (AvgIpc) is 3.26. The van der Waals surface area contributed by atoms with Gasteiger partial charge in [-0.05, 0) is 55.7 Å². The molecule has 0 spiro atoms. The first-order chi connectivity index (χ1) is 14.5. The van der Waals surface area contributed by atoms with E-state index >= 15 is 0 Å². The van der Waals surface area contributed by atoms with E-state index in [-0.39, 0.29) is 5.78 Å². The lowest BCUT2D eigenvalue weighted by Crippen LogP contribution is -2.01.